The number of carbonyl (C=O) groups excluding carboxylic acids is 2. The summed E-state index contributed by atoms with van der Waals surface area (Å²) >= 11 is 0. The van der Waals surface area contributed by atoms with Crippen molar-refractivity contribution in [3.8, 4) is 11.1 Å². The number of nitrogens with one attached hydrogen (secondary N) is 1. The average Bonchev–Trinajstić information content (AvgIpc) is 2.94. The maximum atomic E-state index is 13.3. The highest BCUT2D eigenvalue weighted by atomic mass is 16.2. The molecule has 2 amide bonds. The van der Waals surface area contributed by atoms with E-state index < -0.39 is 0 Å². The molecule has 4 aromatic rings. The van der Waals surface area contributed by atoms with Crippen molar-refractivity contribution in [3.05, 3.63) is 101 Å². The first kappa shape index (κ1) is 26.6. The molecule has 1 heterocycles. The van der Waals surface area contributed by atoms with Crippen molar-refractivity contribution >= 4 is 22.7 Å². The summed E-state index contributed by atoms with van der Waals surface area (Å²) in [6.45, 7) is 9.31. The molecule has 5 nitrogen and oxygen atoms in total. The van der Waals surface area contributed by atoms with Gasteiger partial charge in [-0.05, 0) is 72.5 Å². The molecule has 1 N–H and O–H groups in total. The fourth-order valence-corrected chi connectivity index (χ4v) is 4.07. The second-order valence-electron chi connectivity index (χ2n) is 8.44. The van der Waals surface area contributed by atoms with Crippen LogP contribution in [0, 0.1) is 6.92 Å². The van der Waals surface area contributed by atoms with Crippen LogP contribution >= 0.6 is 0 Å². The summed E-state index contributed by atoms with van der Waals surface area (Å²) in [5.41, 5.74) is 6.47. The van der Waals surface area contributed by atoms with Crippen molar-refractivity contribution < 1.29 is 9.59 Å². The van der Waals surface area contributed by atoms with E-state index in [1.807, 2.05) is 43.1 Å². The Labute approximate surface area is 214 Å². The van der Waals surface area contributed by atoms with Crippen LogP contribution in [-0.2, 0) is 6.54 Å². The normalized spacial score (nSPS) is 10.4. The SMILES string of the molecule is CC.CCCN(Cc1cc(-c2cnc3ccccc3c2)ccc1C)C(=O)c1ccc(C(=O)NC)cc1. The lowest BCUT2D eigenvalue weighted by Gasteiger charge is -2.24. The Hall–Kier alpha value is -3.99. The Bertz CT molecular complexity index is 1330. The molecule has 3 aromatic carbocycles. The van der Waals surface area contributed by atoms with Crippen molar-refractivity contribution in [1.82, 2.24) is 15.2 Å². The summed E-state index contributed by atoms with van der Waals surface area (Å²) < 4.78 is 0. The van der Waals surface area contributed by atoms with Crippen LogP contribution in [0.15, 0.2) is 79.0 Å². The van der Waals surface area contributed by atoms with E-state index >= 15 is 0 Å². The molecule has 0 saturated heterocycles. The van der Waals surface area contributed by atoms with Gasteiger partial charge in [-0.25, -0.2) is 0 Å². The summed E-state index contributed by atoms with van der Waals surface area (Å²) in [5.74, 6) is -0.206. The number of rotatable bonds is 7. The number of para-hydroxylation sites is 1. The molecule has 0 unspecified atom stereocenters. The van der Waals surface area contributed by atoms with Gasteiger partial charge < -0.3 is 10.2 Å². The van der Waals surface area contributed by atoms with Crippen molar-refractivity contribution in [2.24, 2.45) is 0 Å². The van der Waals surface area contributed by atoms with Crippen LogP contribution in [-0.4, -0.2) is 35.3 Å². The number of hydrogen-bond acceptors (Lipinski definition) is 3. The highest BCUT2D eigenvalue weighted by Crippen LogP contribution is 2.26. The minimum absolute atomic E-state index is 0.0394. The van der Waals surface area contributed by atoms with E-state index in [9.17, 15) is 9.59 Å². The summed E-state index contributed by atoms with van der Waals surface area (Å²) in [6, 6.07) is 23.4. The molecular weight excluding hydrogens is 446 g/mol. The predicted octanol–water partition coefficient (Wildman–Crippen LogP) is 6.65. The number of fused-ring (bicyclic) bond motifs is 1. The van der Waals surface area contributed by atoms with Crippen molar-refractivity contribution in [2.75, 3.05) is 13.6 Å². The smallest absolute Gasteiger partial charge is 0.254 e. The van der Waals surface area contributed by atoms with E-state index in [2.05, 4.69) is 54.5 Å². The number of amides is 2. The second-order valence-corrected chi connectivity index (χ2v) is 8.44. The fraction of sp³-hybridized carbons (Fsp3) is 0.258. The van der Waals surface area contributed by atoms with Gasteiger partial charge in [0.1, 0.15) is 0 Å². The Morgan fingerprint density at radius 3 is 2.28 bits per heavy atom. The van der Waals surface area contributed by atoms with Crippen LogP contribution in [0.2, 0.25) is 0 Å². The first-order chi connectivity index (χ1) is 17.5. The van der Waals surface area contributed by atoms with E-state index in [1.165, 1.54) is 0 Å². The molecule has 0 aliphatic heterocycles. The Morgan fingerprint density at radius 1 is 0.889 bits per heavy atom. The first-order valence-electron chi connectivity index (χ1n) is 12.6. The van der Waals surface area contributed by atoms with Gasteiger partial charge in [-0.15, -0.1) is 0 Å². The molecule has 186 valence electrons. The number of benzene rings is 3. The molecule has 0 fully saturated rings. The maximum absolute atomic E-state index is 13.3. The number of aryl methyl sites for hydroxylation is 1. The molecule has 0 atom stereocenters. The minimum atomic E-state index is -0.167. The molecule has 0 bridgehead atoms. The van der Waals surface area contributed by atoms with Gasteiger partial charge in [0, 0.05) is 48.4 Å². The van der Waals surface area contributed by atoms with Crippen LogP contribution < -0.4 is 5.32 Å². The zero-order chi connectivity index (χ0) is 26.1. The van der Waals surface area contributed by atoms with E-state index in [1.54, 1.807) is 31.3 Å². The number of nitrogens with zero attached hydrogens (tertiary/aromatic N) is 2. The standard InChI is InChI=1S/C29H29N3O2.C2H6/c1-4-15-32(29(34)22-13-11-21(12-14-22)28(33)30-3)19-26-16-23(10-9-20(26)2)25-17-24-7-5-6-8-27(24)31-18-25;1-2/h5-14,16-18H,4,15,19H2,1-3H3,(H,30,33);1-2H3. The molecule has 0 saturated carbocycles. The Morgan fingerprint density at radius 2 is 1.58 bits per heavy atom. The molecule has 1 aromatic heterocycles. The largest absolute Gasteiger partial charge is 0.355 e. The van der Waals surface area contributed by atoms with E-state index in [-0.39, 0.29) is 11.8 Å². The van der Waals surface area contributed by atoms with Gasteiger partial charge in [0.25, 0.3) is 11.8 Å². The minimum Gasteiger partial charge on any atom is -0.355 e. The van der Waals surface area contributed by atoms with Gasteiger partial charge in [-0.2, -0.15) is 0 Å². The fourth-order valence-electron chi connectivity index (χ4n) is 4.07. The quantitative estimate of drug-likeness (QED) is 0.321. The highest BCUT2D eigenvalue weighted by Gasteiger charge is 2.17. The van der Waals surface area contributed by atoms with Crippen LogP contribution in [0.5, 0.6) is 0 Å². The monoisotopic (exact) mass is 481 g/mol. The van der Waals surface area contributed by atoms with Crippen LogP contribution in [0.25, 0.3) is 22.0 Å². The molecule has 5 heteroatoms. The van der Waals surface area contributed by atoms with E-state index in [4.69, 9.17) is 0 Å². The summed E-state index contributed by atoms with van der Waals surface area (Å²) in [7, 11) is 1.59. The molecule has 36 heavy (non-hydrogen) atoms. The highest BCUT2D eigenvalue weighted by molar-refractivity contribution is 5.97. The topological polar surface area (TPSA) is 62.3 Å². The summed E-state index contributed by atoms with van der Waals surface area (Å²) in [5, 5.41) is 3.70. The number of pyridine rings is 1. The number of aromatic nitrogens is 1. The van der Waals surface area contributed by atoms with Crippen molar-refractivity contribution in [1.29, 1.82) is 0 Å². The van der Waals surface area contributed by atoms with Crippen molar-refractivity contribution in [2.45, 2.75) is 40.7 Å². The van der Waals surface area contributed by atoms with E-state index in [0.717, 1.165) is 39.6 Å². The molecule has 4 rings (SSSR count). The third-order valence-electron chi connectivity index (χ3n) is 6.04. The van der Waals surface area contributed by atoms with Crippen LogP contribution in [0.4, 0.5) is 0 Å². The van der Waals surface area contributed by atoms with Gasteiger partial charge in [0.2, 0.25) is 0 Å². The Kier molecular flexibility index (Phi) is 9.34. The van der Waals surface area contributed by atoms with Gasteiger partial charge >= 0.3 is 0 Å². The molecule has 0 aliphatic carbocycles. The Balaban J connectivity index is 0.00000176. The van der Waals surface area contributed by atoms with Crippen LogP contribution in [0.1, 0.15) is 59.0 Å². The van der Waals surface area contributed by atoms with Gasteiger partial charge in [-0.1, -0.05) is 51.1 Å². The molecule has 0 aliphatic rings. The van der Waals surface area contributed by atoms with Gasteiger partial charge in [-0.3, -0.25) is 14.6 Å². The number of carbonyl (C=O) groups is 2. The van der Waals surface area contributed by atoms with Gasteiger partial charge in [0.15, 0.2) is 0 Å². The van der Waals surface area contributed by atoms with Gasteiger partial charge in [0.05, 0.1) is 5.52 Å². The summed E-state index contributed by atoms with van der Waals surface area (Å²) in [4.78, 5) is 31.6. The van der Waals surface area contributed by atoms with Crippen LogP contribution in [0.3, 0.4) is 0 Å². The second kappa shape index (κ2) is 12.6. The zero-order valence-corrected chi connectivity index (χ0v) is 21.8. The maximum Gasteiger partial charge on any atom is 0.254 e. The lowest BCUT2D eigenvalue weighted by Crippen LogP contribution is -2.31. The first-order valence-corrected chi connectivity index (χ1v) is 12.6. The van der Waals surface area contributed by atoms with Crippen molar-refractivity contribution in [3.63, 3.8) is 0 Å². The summed E-state index contributed by atoms with van der Waals surface area (Å²) in [6.07, 6.45) is 2.76. The zero-order valence-electron chi connectivity index (χ0n) is 21.8. The lowest BCUT2D eigenvalue weighted by atomic mass is 9.99. The average molecular weight is 482 g/mol. The molecular formula is C31H35N3O2. The lowest BCUT2D eigenvalue weighted by molar-refractivity contribution is 0.0742. The third kappa shape index (κ3) is 6.16. The predicted molar refractivity (Wildman–Crippen MR) is 148 cm³/mol. The molecule has 0 radical (unpaired) electrons. The number of hydrogen-bond donors (Lipinski definition) is 1. The third-order valence-corrected chi connectivity index (χ3v) is 6.04. The molecule has 0 spiro atoms. The van der Waals surface area contributed by atoms with E-state index in [0.29, 0.717) is 24.2 Å².